The molecule has 0 amide bonds. The molecule has 1 rings (SSSR count). The second-order valence-electron chi connectivity index (χ2n) is 5.66. The molecule has 0 N–H and O–H groups in total. The summed E-state index contributed by atoms with van der Waals surface area (Å²) in [7, 11) is 2.21. The van der Waals surface area contributed by atoms with Gasteiger partial charge in [0.05, 0.1) is 26.9 Å². The van der Waals surface area contributed by atoms with Crippen LogP contribution in [0.15, 0.2) is 24.3 Å². The smallest absolute Gasteiger partial charge is 0.118 e. The van der Waals surface area contributed by atoms with E-state index in [2.05, 4.69) is 30.6 Å². The van der Waals surface area contributed by atoms with Crippen molar-refractivity contribution in [1.82, 2.24) is 4.90 Å². The summed E-state index contributed by atoms with van der Waals surface area (Å²) in [4.78, 5) is 2.15. The van der Waals surface area contributed by atoms with Crippen molar-refractivity contribution in [3.63, 3.8) is 0 Å². The van der Waals surface area contributed by atoms with Crippen molar-refractivity contribution in [2.45, 2.75) is 31.9 Å². The first-order chi connectivity index (χ1) is 8.38. The average molecular weight is 262 g/mol. The molecule has 98 valence electrons. The van der Waals surface area contributed by atoms with Crippen LogP contribution in [0.4, 0.5) is 0 Å². The average Bonchev–Trinajstić information content (AvgIpc) is 2.29. The summed E-state index contributed by atoms with van der Waals surface area (Å²) in [5.41, 5.74) is 1.25. The van der Waals surface area contributed by atoms with Crippen LogP contribution < -0.4 is 4.74 Å². The van der Waals surface area contributed by atoms with Crippen LogP contribution in [0.25, 0.3) is 0 Å². The molecule has 0 saturated heterocycles. The quantitative estimate of drug-likeness (QED) is 0.766. The predicted octanol–water partition coefficient (Wildman–Crippen LogP) is 2.90. The number of methoxy groups -OCH3 is 1. The van der Waals surface area contributed by atoms with Crippen molar-refractivity contribution in [2.24, 2.45) is 0 Å². The van der Waals surface area contributed by atoms with Gasteiger partial charge in [0.1, 0.15) is 5.75 Å². The Hall–Kier alpha value is -1.31. The predicted molar refractivity (Wildman–Crippen MR) is 77.2 cm³/mol. The standard InChI is InChI=1S/C14H22N2OSi/c1-16(14(10-15)18(3,4)5)11-12-6-8-13(17-2)9-7-12/h6-9,14H,11H2,1-5H3. The van der Waals surface area contributed by atoms with Gasteiger partial charge in [0.25, 0.3) is 0 Å². The highest BCUT2D eigenvalue weighted by Gasteiger charge is 2.30. The van der Waals surface area contributed by atoms with Gasteiger partial charge in [-0.1, -0.05) is 31.8 Å². The number of hydrogen-bond acceptors (Lipinski definition) is 3. The fourth-order valence-electron chi connectivity index (χ4n) is 2.06. The van der Waals surface area contributed by atoms with E-state index in [0.29, 0.717) is 0 Å². The molecule has 0 aliphatic carbocycles. The van der Waals surface area contributed by atoms with Gasteiger partial charge in [-0.2, -0.15) is 5.26 Å². The zero-order valence-electron chi connectivity index (χ0n) is 11.9. The molecule has 0 bridgehead atoms. The number of nitrogens with zero attached hydrogens (tertiary/aromatic N) is 2. The molecule has 0 heterocycles. The van der Waals surface area contributed by atoms with Crippen molar-refractivity contribution in [1.29, 1.82) is 5.26 Å². The summed E-state index contributed by atoms with van der Waals surface area (Å²) in [6.07, 6.45) is 0. The Morgan fingerprint density at radius 3 is 2.22 bits per heavy atom. The van der Waals surface area contributed by atoms with Crippen LogP contribution in [0, 0.1) is 11.3 Å². The summed E-state index contributed by atoms with van der Waals surface area (Å²) in [6, 6.07) is 10.5. The van der Waals surface area contributed by atoms with Gasteiger partial charge in [-0.15, -0.1) is 0 Å². The highest BCUT2D eigenvalue weighted by Crippen LogP contribution is 2.17. The summed E-state index contributed by atoms with van der Waals surface area (Å²) in [5.74, 6) is 0.864. The Bertz CT molecular complexity index is 417. The maximum atomic E-state index is 9.32. The molecular formula is C14H22N2OSi. The van der Waals surface area contributed by atoms with Crippen molar-refractivity contribution in [3.8, 4) is 11.8 Å². The first-order valence-electron chi connectivity index (χ1n) is 6.11. The highest BCUT2D eigenvalue weighted by molar-refractivity contribution is 6.78. The molecule has 0 fully saturated rings. The molecule has 0 spiro atoms. The second kappa shape index (κ2) is 6.03. The van der Waals surface area contributed by atoms with Crippen LogP contribution in [-0.4, -0.2) is 32.8 Å². The van der Waals surface area contributed by atoms with Crippen molar-refractivity contribution in [3.05, 3.63) is 29.8 Å². The van der Waals surface area contributed by atoms with Gasteiger partial charge in [-0.25, -0.2) is 0 Å². The van der Waals surface area contributed by atoms with Crippen LogP contribution in [-0.2, 0) is 6.54 Å². The van der Waals surface area contributed by atoms with Gasteiger partial charge in [0, 0.05) is 6.54 Å². The van der Waals surface area contributed by atoms with Crippen LogP contribution in [0.5, 0.6) is 5.75 Å². The van der Waals surface area contributed by atoms with E-state index in [0.717, 1.165) is 12.3 Å². The maximum Gasteiger partial charge on any atom is 0.118 e. The van der Waals surface area contributed by atoms with E-state index in [1.165, 1.54) is 5.56 Å². The molecule has 3 nitrogen and oxygen atoms in total. The van der Waals surface area contributed by atoms with Crippen molar-refractivity contribution in [2.75, 3.05) is 14.2 Å². The zero-order chi connectivity index (χ0) is 13.8. The summed E-state index contributed by atoms with van der Waals surface area (Å²) in [5, 5.41) is 9.32. The molecule has 18 heavy (non-hydrogen) atoms. The Morgan fingerprint density at radius 1 is 1.28 bits per heavy atom. The lowest BCUT2D eigenvalue weighted by Gasteiger charge is -2.31. The molecule has 4 heteroatoms. The molecule has 0 aliphatic rings. The van der Waals surface area contributed by atoms with Crippen LogP contribution >= 0.6 is 0 Å². The fraction of sp³-hybridized carbons (Fsp3) is 0.500. The van der Waals surface area contributed by atoms with Crippen molar-refractivity contribution < 1.29 is 4.74 Å². The molecule has 1 atom stereocenters. The monoisotopic (exact) mass is 262 g/mol. The number of ether oxygens (including phenoxy) is 1. The minimum atomic E-state index is -1.48. The third-order valence-electron chi connectivity index (χ3n) is 2.97. The van der Waals surface area contributed by atoms with E-state index in [-0.39, 0.29) is 5.67 Å². The SMILES string of the molecule is COc1ccc(CN(C)C(C#N)[Si](C)(C)C)cc1. The van der Waals surface area contributed by atoms with E-state index >= 15 is 0 Å². The fourth-order valence-corrected chi connectivity index (χ4v) is 3.86. The number of nitriles is 1. The van der Waals surface area contributed by atoms with Crippen LogP contribution in [0.1, 0.15) is 5.56 Å². The molecule has 1 aromatic carbocycles. The Balaban J connectivity index is 2.74. The van der Waals surface area contributed by atoms with Gasteiger partial charge in [0.15, 0.2) is 0 Å². The van der Waals surface area contributed by atoms with Crippen LogP contribution in [0.3, 0.4) is 0 Å². The van der Waals surface area contributed by atoms with Gasteiger partial charge in [0.2, 0.25) is 0 Å². The van der Waals surface area contributed by atoms with E-state index < -0.39 is 8.07 Å². The minimum absolute atomic E-state index is 0.0413. The molecule has 0 radical (unpaired) electrons. The molecular weight excluding hydrogens is 240 g/mol. The van der Waals surface area contributed by atoms with Crippen molar-refractivity contribution >= 4 is 8.07 Å². The molecule has 0 aliphatic heterocycles. The molecule has 0 saturated carbocycles. The molecule has 0 aromatic heterocycles. The minimum Gasteiger partial charge on any atom is -0.497 e. The first kappa shape index (κ1) is 14.7. The van der Waals surface area contributed by atoms with Crippen LogP contribution in [0.2, 0.25) is 19.6 Å². The largest absolute Gasteiger partial charge is 0.497 e. The Labute approximate surface area is 111 Å². The van der Waals surface area contributed by atoms with Gasteiger partial charge in [-0.05, 0) is 24.7 Å². The molecule has 1 unspecified atom stereocenters. The molecule has 1 aromatic rings. The van der Waals surface area contributed by atoms with Gasteiger partial charge in [-0.3, -0.25) is 4.90 Å². The van der Waals surface area contributed by atoms with Gasteiger partial charge < -0.3 is 4.74 Å². The van der Waals surface area contributed by atoms with E-state index in [9.17, 15) is 5.26 Å². The van der Waals surface area contributed by atoms with Gasteiger partial charge >= 0.3 is 0 Å². The summed E-state index contributed by atoms with van der Waals surface area (Å²) in [6.45, 7) is 7.48. The topological polar surface area (TPSA) is 36.3 Å². The lowest BCUT2D eigenvalue weighted by Crippen LogP contribution is -2.48. The number of rotatable bonds is 5. The second-order valence-corrected chi connectivity index (χ2v) is 10.9. The first-order valence-corrected chi connectivity index (χ1v) is 9.69. The van der Waals surface area contributed by atoms with E-state index in [1.807, 2.05) is 31.3 Å². The third-order valence-corrected chi connectivity index (χ3v) is 5.18. The Morgan fingerprint density at radius 2 is 1.83 bits per heavy atom. The zero-order valence-corrected chi connectivity index (χ0v) is 12.9. The maximum absolute atomic E-state index is 9.32. The summed E-state index contributed by atoms with van der Waals surface area (Å²) < 4.78 is 5.14. The highest BCUT2D eigenvalue weighted by atomic mass is 28.3. The third kappa shape index (κ3) is 3.86. The van der Waals surface area contributed by atoms with E-state index in [1.54, 1.807) is 7.11 Å². The lowest BCUT2D eigenvalue weighted by molar-refractivity contribution is 0.330. The Kier molecular flexibility index (Phi) is 4.94. The number of benzene rings is 1. The van der Waals surface area contributed by atoms with E-state index in [4.69, 9.17) is 4.74 Å². The summed E-state index contributed by atoms with van der Waals surface area (Å²) >= 11 is 0. The number of hydrogen-bond donors (Lipinski definition) is 0. The normalized spacial score (nSPS) is 13.2. The lowest BCUT2D eigenvalue weighted by atomic mass is 10.2.